The minimum absolute atomic E-state index is 0.0811. The van der Waals surface area contributed by atoms with Crippen molar-refractivity contribution in [3.8, 4) is 5.75 Å². The van der Waals surface area contributed by atoms with Crippen LogP contribution in [0.1, 0.15) is 43.3 Å². The third-order valence-corrected chi connectivity index (χ3v) is 6.00. The van der Waals surface area contributed by atoms with Crippen LogP contribution in [-0.2, 0) is 29.2 Å². The molecule has 0 aliphatic heterocycles. The number of benzene rings is 2. The maximum absolute atomic E-state index is 13.0. The first-order valence-electron chi connectivity index (χ1n) is 11.9. The molecule has 0 amide bonds. The van der Waals surface area contributed by atoms with Gasteiger partial charge in [0.2, 0.25) is 0 Å². The average molecular weight is 491 g/mol. The lowest BCUT2D eigenvalue weighted by molar-refractivity contribution is -0.144. The third-order valence-electron chi connectivity index (χ3n) is 6.00. The highest BCUT2D eigenvalue weighted by Crippen LogP contribution is 2.27. The molecule has 4 aromatic rings. The highest BCUT2D eigenvalue weighted by Gasteiger charge is 2.27. The fourth-order valence-corrected chi connectivity index (χ4v) is 4.28. The van der Waals surface area contributed by atoms with Gasteiger partial charge >= 0.3 is 5.97 Å². The van der Waals surface area contributed by atoms with E-state index in [1.54, 1.807) is 14.0 Å². The van der Waals surface area contributed by atoms with E-state index in [9.17, 15) is 9.59 Å². The Morgan fingerprint density at radius 1 is 1.11 bits per heavy atom. The number of esters is 1. The van der Waals surface area contributed by atoms with Gasteiger partial charge in [-0.05, 0) is 53.6 Å². The van der Waals surface area contributed by atoms with Gasteiger partial charge in [0.25, 0.3) is 5.56 Å². The van der Waals surface area contributed by atoms with E-state index in [0.29, 0.717) is 36.6 Å². The molecule has 0 saturated carbocycles. The number of carbonyl (C=O) groups excluding carboxylic acids is 1. The SMILES string of the molecule is CCOC(=O)Cn1nnnc1[C@H](CC)N(Cc1ccccc1)Cc1cc2cc(OC)ccc2[nH]c1=O. The van der Waals surface area contributed by atoms with Crippen molar-refractivity contribution in [2.24, 2.45) is 0 Å². The topological polar surface area (TPSA) is 115 Å². The van der Waals surface area contributed by atoms with Gasteiger partial charge in [0.15, 0.2) is 5.82 Å². The molecular weight excluding hydrogens is 460 g/mol. The van der Waals surface area contributed by atoms with Crippen LogP contribution >= 0.6 is 0 Å². The maximum Gasteiger partial charge on any atom is 0.327 e. The Morgan fingerprint density at radius 3 is 2.64 bits per heavy atom. The number of hydrogen-bond donors (Lipinski definition) is 1. The first-order valence-corrected chi connectivity index (χ1v) is 11.9. The summed E-state index contributed by atoms with van der Waals surface area (Å²) in [7, 11) is 1.61. The Balaban J connectivity index is 1.71. The molecule has 0 radical (unpaired) electrons. The number of aromatic amines is 1. The zero-order chi connectivity index (χ0) is 25.5. The summed E-state index contributed by atoms with van der Waals surface area (Å²) in [4.78, 5) is 30.3. The second-order valence-electron chi connectivity index (χ2n) is 8.39. The van der Waals surface area contributed by atoms with E-state index in [1.165, 1.54) is 4.68 Å². The summed E-state index contributed by atoms with van der Waals surface area (Å²) in [5.41, 5.74) is 2.27. The molecule has 10 heteroatoms. The monoisotopic (exact) mass is 490 g/mol. The number of pyridine rings is 1. The minimum Gasteiger partial charge on any atom is -0.497 e. The van der Waals surface area contributed by atoms with Gasteiger partial charge in [-0.15, -0.1) is 5.10 Å². The number of H-pyrrole nitrogens is 1. The van der Waals surface area contributed by atoms with E-state index >= 15 is 0 Å². The molecule has 0 aliphatic carbocycles. The molecule has 0 unspecified atom stereocenters. The van der Waals surface area contributed by atoms with E-state index in [4.69, 9.17) is 9.47 Å². The van der Waals surface area contributed by atoms with Crippen LogP contribution in [0.25, 0.3) is 10.9 Å². The number of nitrogens with one attached hydrogen (secondary N) is 1. The van der Waals surface area contributed by atoms with Crippen molar-refractivity contribution < 1.29 is 14.3 Å². The largest absolute Gasteiger partial charge is 0.497 e. The van der Waals surface area contributed by atoms with Gasteiger partial charge in [-0.1, -0.05) is 37.3 Å². The fraction of sp³-hybridized carbons (Fsp3) is 0.346. The van der Waals surface area contributed by atoms with Crippen LogP contribution in [0.3, 0.4) is 0 Å². The molecule has 2 aromatic carbocycles. The second kappa shape index (κ2) is 11.6. The molecule has 0 saturated heterocycles. The standard InChI is InChI=1S/C26H30N6O4/c1-4-23(25-28-29-30-32(25)17-24(33)36-5-2)31(15-18-9-7-6-8-10-18)16-20-13-19-14-21(35-3)11-12-22(19)27-26(20)34/h6-14,23H,4-5,15-17H2,1-3H3,(H,27,34)/t23-/m0/s1. The third kappa shape index (κ3) is 5.77. The fourth-order valence-electron chi connectivity index (χ4n) is 4.28. The number of methoxy groups -OCH3 is 1. The predicted octanol–water partition coefficient (Wildman–Crippen LogP) is 3.24. The molecule has 36 heavy (non-hydrogen) atoms. The zero-order valence-electron chi connectivity index (χ0n) is 20.7. The van der Waals surface area contributed by atoms with Gasteiger partial charge in [-0.25, -0.2) is 4.68 Å². The Bertz CT molecular complexity index is 1370. The van der Waals surface area contributed by atoms with E-state index in [0.717, 1.165) is 16.5 Å². The van der Waals surface area contributed by atoms with Gasteiger partial charge in [0.1, 0.15) is 12.3 Å². The molecule has 1 atom stereocenters. The number of nitrogens with zero attached hydrogens (tertiary/aromatic N) is 5. The molecule has 2 heterocycles. The highest BCUT2D eigenvalue weighted by molar-refractivity contribution is 5.80. The Morgan fingerprint density at radius 2 is 1.92 bits per heavy atom. The number of aromatic nitrogens is 5. The summed E-state index contributed by atoms with van der Waals surface area (Å²) in [6.45, 7) is 4.89. The average Bonchev–Trinajstić information content (AvgIpc) is 3.32. The van der Waals surface area contributed by atoms with Crippen LogP contribution < -0.4 is 10.3 Å². The quantitative estimate of drug-likeness (QED) is 0.319. The summed E-state index contributed by atoms with van der Waals surface area (Å²) in [5.74, 6) is 0.849. The van der Waals surface area contributed by atoms with Gasteiger partial charge in [0.05, 0.1) is 19.8 Å². The maximum atomic E-state index is 13.0. The highest BCUT2D eigenvalue weighted by atomic mass is 16.5. The second-order valence-corrected chi connectivity index (χ2v) is 8.39. The molecule has 4 rings (SSSR count). The van der Waals surface area contributed by atoms with E-state index < -0.39 is 5.97 Å². The van der Waals surface area contributed by atoms with Crippen molar-refractivity contribution in [2.75, 3.05) is 13.7 Å². The lowest BCUT2D eigenvalue weighted by Crippen LogP contribution is -2.33. The van der Waals surface area contributed by atoms with Crippen LogP contribution in [0.4, 0.5) is 0 Å². The Labute approximate surface area is 208 Å². The lowest BCUT2D eigenvalue weighted by Gasteiger charge is -2.30. The molecule has 0 aliphatic rings. The van der Waals surface area contributed by atoms with Gasteiger partial charge < -0.3 is 14.5 Å². The number of tetrazole rings is 1. The van der Waals surface area contributed by atoms with Crippen molar-refractivity contribution in [1.82, 2.24) is 30.1 Å². The van der Waals surface area contributed by atoms with E-state index in [-0.39, 0.29) is 24.8 Å². The van der Waals surface area contributed by atoms with Crippen LogP contribution in [0.2, 0.25) is 0 Å². The summed E-state index contributed by atoms with van der Waals surface area (Å²) in [6, 6.07) is 17.2. The molecule has 0 spiro atoms. The van der Waals surface area contributed by atoms with Crippen molar-refractivity contribution in [3.05, 3.63) is 81.9 Å². The van der Waals surface area contributed by atoms with Crippen molar-refractivity contribution in [3.63, 3.8) is 0 Å². The first kappa shape index (κ1) is 25.1. The van der Waals surface area contributed by atoms with Crippen molar-refractivity contribution >= 4 is 16.9 Å². The van der Waals surface area contributed by atoms with E-state index in [1.807, 2.05) is 61.5 Å². The van der Waals surface area contributed by atoms with E-state index in [2.05, 4.69) is 25.4 Å². The van der Waals surface area contributed by atoms with Crippen LogP contribution in [0.15, 0.2) is 59.4 Å². The van der Waals surface area contributed by atoms with Crippen molar-refractivity contribution in [2.45, 2.75) is 45.9 Å². The molecule has 188 valence electrons. The lowest BCUT2D eigenvalue weighted by atomic mass is 10.1. The summed E-state index contributed by atoms with van der Waals surface area (Å²) >= 11 is 0. The number of carbonyl (C=O) groups is 1. The molecule has 1 N–H and O–H groups in total. The summed E-state index contributed by atoms with van der Waals surface area (Å²) in [5, 5.41) is 13.0. The number of hydrogen-bond acceptors (Lipinski definition) is 8. The zero-order valence-corrected chi connectivity index (χ0v) is 20.7. The summed E-state index contributed by atoms with van der Waals surface area (Å²) in [6.07, 6.45) is 0.662. The molecule has 0 fully saturated rings. The molecular formula is C26H30N6O4. The van der Waals surface area contributed by atoms with Gasteiger partial charge in [-0.2, -0.15) is 0 Å². The number of rotatable bonds is 11. The number of fused-ring (bicyclic) bond motifs is 1. The first-order chi connectivity index (χ1) is 17.5. The smallest absolute Gasteiger partial charge is 0.327 e. The van der Waals surface area contributed by atoms with Crippen LogP contribution in [-0.4, -0.2) is 49.8 Å². The molecule has 2 aromatic heterocycles. The minimum atomic E-state index is -0.407. The number of ether oxygens (including phenoxy) is 2. The van der Waals surface area contributed by atoms with Gasteiger partial charge in [-0.3, -0.25) is 14.5 Å². The predicted molar refractivity (Wildman–Crippen MR) is 134 cm³/mol. The van der Waals surface area contributed by atoms with Gasteiger partial charge in [0, 0.05) is 29.6 Å². The normalized spacial score (nSPS) is 12.1. The van der Waals surface area contributed by atoms with Crippen LogP contribution in [0.5, 0.6) is 5.75 Å². The van der Waals surface area contributed by atoms with Crippen LogP contribution in [0, 0.1) is 0 Å². The Kier molecular flexibility index (Phi) is 8.06. The van der Waals surface area contributed by atoms with Crippen molar-refractivity contribution in [1.29, 1.82) is 0 Å². The Hall–Kier alpha value is -4.05. The molecule has 0 bridgehead atoms. The summed E-state index contributed by atoms with van der Waals surface area (Å²) < 4.78 is 11.9. The molecule has 10 nitrogen and oxygen atoms in total.